The first-order valence-corrected chi connectivity index (χ1v) is 9.97. The van der Waals surface area contributed by atoms with E-state index in [4.69, 9.17) is 0 Å². The van der Waals surface area contributed by atoms with E-state index < -0.39 is 9.84 Å². The fourth-order valence-corrected chi connectivity index (χ4v) is 4.73. The van der Waals surface area contributed by atoms with Gasteiger partial charge in [-0.05, 0) is 29.6 Å². The van der Waals surface area contributed by atoms with Crippen molar-refractivity contribution in [3.63, 3.8) is 0 Å². The number of hydrogen-bond acceptors (Lipinski definition) is 5. The van der Waals surface area contributed by atoms with Gasteiger partial charge in [0.05, 0.1) is 15.6 Å². The van der Waals surface area contributed by atoms with Crippen LogP contribution >= 0.6 is 11.3 Å². The zero-order valence-electron chi connectivity index (χ0n) is 12.4. The third kappa shape index (κ3) is 3.69. The normalized spacial score (nSPS) is 16.8. The number of sulfone groups is 1. The summed E-state index contributed by atoms with van der Waals surface area (Å²) in [7, 11) is -3.17. The highest BCUT2D eigenvalue weighted by molar-refractivity contribution is 7.91. The molecule has 22 heavy (non-hydrogen) atoms. The summed E-state index contributed by atoms with van der Waals surface area (Å²) in [6.45, 7) is 4.37. The van der Waals surface area contributed by atoms with E-state index in [0.29, 0.717) is 11.4 Å². The second kappa shape index (κ2) is 6.81. The monoisotopic (exact) mass is 336 g/mol. The summed E-state index contributed by atoms with van der Waals surface area (Å²) in [6.07, 6.45) is 0. The van der Waals surface area contributed by atoms with Gasteiger partial charge >= 0.3 is 0 Å². The molecular formula is C16H20N2O2S2. The maximum Gasteiger partial charge on any atom is 0.179 e. The molecule has 118 valence electrons. The molecule has 0 spiro atoms. The average molecular weight is 336 g/mol. The molecule has 0 atom stereocenters. The van der Waals surface area contributed by atoms with Gasteiger partial charge in [0.15, 0.2) is 9.84 Å². The molecule has 1 fully saturated rings. The minimum atomic E-state index is -3.17. The lowest BCUT2D eigenvalue weighted by Crippen LogP contribution is -2.47. The van der Waals surface area contributed by atoms with E-state index in [2.05, 4.69) is 27.3 Å². The lowest BCUT2D eigenvalue weighted by Gasteiger charge is -2.35. The minimum absolute atomic E-state index is 0.190. The van der Waals surface area contributed by atoms with E-state index in [-0.39, 0.29) is 5.75 Å². The van der Waals surface area contributed by atoms with Crippen LogP contribution in [-0.4, -0.2) is 51.8 Å². The highest BCUT2D eigenvalue weighted by Gasteiger charge is 2.20. The number of thiophene rings is 1. The van der Waals surface area contributed by atoms with E-state index in [1.165, 1.54) is 5.00 Å². The Kier molecular flexibility index (Phi) is 4.81. The van der Waals surface area contributed by atoms with Crippen molar-refractivity contribution in [2.24, 2.45) is 0 Å². The Balaban J connectivity index is 1.51. The molecule has 0 unspecified atom stereocenters. The summed E-state index contributed by atoms with van der Waals surface area (Å²) in [6, 6.07) is 12.9. The van der Waals surface area contributed by atoms with Crippen LogP contribution in [0.1, 0.15) is 0 Å². The van der Waals surface area contributed by atoms with Gasteiger partial charge in [-0.1, -0.05) is 18.2 Å². The van der Waals surface area contributed by atoms with E-state index in [0.717, 1.165) is 26.2 Å². The molecule has 4 nitrogen and oxygen atoms in total. The Labute approximate surface area is 135 Å². The van der Waals surface area contributed by atoms with Crippen LogP contribution in [0.15, 0.2) is 52.7 Å². The number of nitrogens with zero attached hydrogens (tertiary/aromatic N) is 2. The Morgan fingerprint density at radius 2 is 1.68 bits per heavy atom. The Morgan fingerprint density at radius 3 is 2.32 bits per heavy atom. The van der Waals surface area contributed by atoms with Crippen molar-refractivity contribution >= 4 is 26.2 Å². The van der Waals surface area contributed by atoms with Crippen LogP contribution in [0.4, 0.5) is 5.00 Å². The number of piperazine rings is 1. The molecule has 0 saturated carbocycles. The standard InChI is InChI=1S/C16H20N2O2S2/c19-22(20,15-5-2-1-3-6-15)14-12-17-8-10-18(11-9-17)16-7-4-13-21-16/h1-7,13H,8-12,14H2. The quantitative estimate of drug-likeness (QED) is 0.840. The van der Waals surface area contributed by atoms with Crippen molar-refractivity contribution in [3.8, 4) is 0 Å². The Hall–Kier alpha value is -1.37. The van der Waals surface area contributed by atoms with Crippen LogP contribution < -0.4 is 4.90 Å². The lowest BCUT2D eigenvalue weighted by molar-refractivity contribution is 0.272. The molecule has 0 amide bonds. The van der Waals surface area contributed by atoms with Gasteiger partial charge in [-0.3, -0.25) is 4.90 Å². The van der Waals surface area contributed by atoms with E-state index >= 15 is 0 Å². The fraction of sp³-hybridized carbons (Fsp3) is 0.375. The van der Waals surface area contributed by atoms with Crippen molar-refractivity contribution in [2.75, 3.05) is 43.4 Å². The zero-order chi connectivity index (χ0) is 15.4. The van der Waals surface area contributed by atoms with Gasteiger partial charge in [0, 0.05) is 32.7 Å². The topological polar surface area (TPSA) is 40.6 Å². The number of anilines is 1. The molecular weight excluding hydrogens is 316 g/mol. The Bertz CT molecular complexity index is 676. The largest absolute Gasteiger partial charge is 0.361 e. The number of rotatable bonds is 5. The third-order valence-electron chi connectivity index (χ3n) is 3.97. The molecule has 0 radical (unpaired) electrons. The predicted molar refractivity (Wildman–Crippen MR) is 91.5 cm³/mol. The summed E-state index contributed by atoms with van der Waals surface area (Å²) in [4.78, 5) is 5.03. The lowest BCUT2D eigenvalue weighted by atomic mass is 10.3. The summed E-state index contributed by atoms with van der Waals surface area (Å²) >= 11 is 1.76. The molecule has 0 aliphatic carbocycles. The first-order valence-electron chi connectivity index (χ1n) is 7.44. The highest BCUT2D eigenvalue weighted by Crippen LogP contribution is 2.22. The molecule has 1 aromatic carbocycles. The molecule has 0 bridgehead atoms. The summed E-state index contributed by atoms with van der Waals surface area (Å²) in [5, 5.41) is 3.39. The van der Waals surface area contributed by atoms with Crippen LogP contribution in [0.5, 0.6) is 0 Å². The third-order valence-corrected chi connectivity index (χ3v) is 6.61. The number of hydrogen-bond donors (Lipinski definition) is 0. The first kappa shape index (κ1) is 15.5. The maximum absolute atomic E-state index is 12.3. The summed E-state index contributed by atoms with van der Waals surface area (Å²) < 4.78 is 24.6. The molecule has 1 saturated heterocycles. The molecule has 3 rings (SSSR count). The van der Waals surface area contributed by atoms with Gasteiger partial charge < -0.3 is 4.90 Å². The zero-order valence-corrected chi connectivity index (χ0v) is 14.0. The SMILES string of the molecule is O=S(=O)(CCN1CCN(c2cccs2)CC1)c1ccccc1. The van der Waals surface area contributed by atoms with Gasteiger partial charge in [0.2, 0.25) is 0 Å². The summed E-state index contributed by atoms with van der Waals surface area (Å²) in [5.41, 5.74) is 0. The first-order chi connectivity index (χ1) is 10.6. The molecule has 2 heterocycles. The number of benzene rings is 1. The predicted octanol–water partition coefficient (Wildman–Crippen LogP) is 2.34. The average Bonchev–Trinajstić information content (AvgIpc) is 3.09. The van der Waals surface area contributed by atoms with Crippen LogP contribution in [0.2, 0.25) is 0 Å². The van der Waals surface area contributed by atoms with Gasteiger partial charge in [0.1, 0.15) is 0 Å². The van der Waals surface area contributed by atoms with Crippen molar-refractivity contribution in [1.29, 1.82) is 0 Å². The maximum atomic E-state index is 12.3. The molecule has 1 aliphatic rings. The molecule has 6 heteroatoms. The van der Waals surface area contributed by atoms with E-state index in [1.54, 1.807) is 35.6 Å². The van der Waals surface area contributed by atoms with E-state index in [1.807, 2.05) is 6.07 Å². The second-order valence-corrected chi connectivity index (χ2v) is 8.45. The van der Waals surface area contributed by atoms with Gasteiger partial charge in [-0.2, -0.15) is 0 Å². The van der Waals surface area contributed by atoms with Gasteiger partial charge in [-0.25, -0.2) is 8.42 Å². The van der Waals surface area contributed by atoms with Crippen LogP contribution in [0.3, 0.4) is 0 Å². The van der Waals surface area contributed by atoms with Gasteiger partial charge in [-0.15, -0.1) is 11.3 Å². The van der Waals surface area contributed by atoms with Crippen molar-refractivity contribution in [1.82, 2.24) is 4.90 Å². The Morgan fingerprint density at radius 1 is 0.955 bits per heavy atom. The fourth-order valence-electron chi connectivity index (χ4n) is 2.64. The van der Waals surface area contributed by atoms with Crippen LogP contribution in [0, 0.1) is 0 Å². The minimum Gasteiger partial charge on any atom is -0.361 e. The van der Waals surface area contributed by atoms with Crippen molar-refractivity contribution < 1.29 is 8.42 Å². The highest BCUT2D eigenvalue weighted by atomic mass is 32.2. The van der Waals surface area contributed by atoms with Crippen molar-refractivity contribution in [3.05, 3.63) is 47.8 Å². The molecule has 2 aromatic rings. The van der Waals surface area contributed by atoms with Crippen LogP contribution in [-0.2, 0) is 9.84 Å². The smallest absolute Gasteiger partial charge is 0.179 e. The van der Waals surface area contributed by atoms with Gasteiger partial charge in [0.25, 0.3) is 0 Å². The molecule has 0 N–H and O–H groups in total. The molecule has 1 aromatic heterocycles. The van der Waals surface area contributed by atoms with Crippen molar-refractivity contribution in [2.45, 2.75) is 4.90 Å². The van der Waals surface area contributed by atoms with Crippen LogP contribution in [0.25, 0.3) is 0 Å². The summed E-state index contributed by atoms with van der Waals surface area (Å²) in [5.74, 6) is 0.190. The van der Waals surface area contributed by atoms with E-state index in [9.17, 15) is 8.42 Å². The molecule has 1 aliphatic heterocycles. The second-order valence-electron chi connectivity index (χ2n) is 5.41.